The number of benzene rings is 2. The molecule has 2 aromatic rings. The molecular weight excluding hydrogens is 364 g/mol. The number of hydroxylamine groups is 2. The molecule has 2 amide bonds. The zero-order valence-corrected chi connectivity index (χ0v) is 15.7. The van der Waals surface area contributed by atoms with E-state index in [9.17, 15) is 9.59 Å². The number of amides is 2. The van der Waals surface area contributed by atoms with Crippen LogP contribution in [0, 0.1) is 0 Å². The first-order chi connectivity index (χ1) is 13.0. The van der Waals surface area contributed by atoms with Crippen LogP contribution in [0.4, 0.5) is 0 Å². The van der Waals surface area contributed by atoms with Crippen molar-refractivity contribution in [1.82, 2.24) is 9.96 Å². The fourth-order valence-corrected chi connectivity index (χ4v) is 3.93. The Morgan fingerprint density at radius 1 is 1.07 bits per heavy atom. The van der Waals surface area contributed by atoms with Gasteiger partial charge >= 0.3 is 0 Å². The highest BCUT2D eigenvalue weighted by molar-refractivity contribution is 6.30. The fraction of sp³-hybridized carbons (Fsp3) is 0.333. The van der Waals surface area contributed by atoms with E-state index in [0.717, 1.165) is 5.56 Å². The lowest BCUT2D eigenvalue weighted by molar-refractivity contribution is -0.213. The van der Waals surface area contributed by atoms with Gasteiger partial charge in [-0.25, -0.2) is 5.06 Å². The topological polar surface area (TPSA) is 49.9 Å². The molecule has 2 fully saturated rings. The summed E-state index contributed by atoms with van der Waals surface area (Å²) in [5, 5.41) is 2.03. The van der Waals surface area contributed by atoms with E-state index in [-0.39, 0.29) is 11.8 Å². The van der Waals surface area contributed by atoms with Gasteiger partial charge in [-0.05, 0) is 36.6 Å². The standard InChI is InChI=1S/C21H21ClN2O3/c22-18-8-4-7-17(13-18)20(26)23-11-9-21(10-12-23)14-19(25)24(27-21)15-16-5-2-1-3-6-16/h1-8,13H,9-12,14-15H2. The van der Waals surface area contributed by atoms with Gasteiger partial charge in [-0.1, -0.05) is 48.0 Å². The minimum Gasteiger partial charge on any atom is -0.338 e. The summed E-state index contributed by atoms with van der Waals surface area (Å²) in [5.41, 5.74) is 1.14. The van der Waals surface area contributed by atoms with Gasteiger partial charge in [0.1, 0.15) is 5.60 Å². The molecule has 0 bridgehead atoms. The SMILES string of the molecule is O=C(c1cccc(Cl)c1)N1CCC2(CC1)CC(=O)N(Cc1ccccc1)O2. The molecule has 0 N–H and O–H groups in total. The molecule has 140 valence electrons. The minimum absolute atomic E-state index is 0.00784. The molecule has 2 aliphatic rings. The summed E-state index contributed by atoms with van der Waals surface area (Å²) in [4.78, 5) is 33.0. The third kappa shape index (κ3) is 3.84. The molecule has 2 saturated heterocycles. The van der Waals surface area contributed by atoms with Gasteiger partial charge in [0.05, 0.1) is 13.0 Å². The van der Waals surface area contributed by atoms with Crippen LogP contribution in [0.25, 0.3) is 0 Å². The number of hydrogen-bond acceptors (Lipinski definition) is 3. The third-order valence-electron chi connectivity index (χ3n) is 5.26. The van der Waals surface area contributed by atoms with Crippen LogP contribution in [0.3, 0.4) is 0 Å². The van der Waals surface area contributed by atoms with Crippen LogP contribution in [-0.2, 0) is 16.2 Å². The molecule has 4 rings (SSSR count). The van der Waals surface area contributed by atoms with Crippen molar-refractivity contribution in [3.63, 3.8) is 0 Å². The number of carbonyl (C=O) groups excluding carboxylic acids is 2. The predicted octanol–water partition coefficient (Wildman–Crippen LogP) is 3.68. The Hall–Kier alpha value is -2.37. The maximum absolute atomic E-state index is 12.7. The van der Waals surface area contributed by atoms with Crippen LogP contribution in [0.15, 0.2) is 54.6 Å². The van der Waals surface area contributed by atoms with Crippen molar-refractivity contribution in [2.24, 2.45) is 0 Å². The Kier molecular flexibility index (Phi) is 4.89. The van der Waals surface area contributed by atoms with Crippen LogP contribution in [-0.4, -0.2) is 40.5 Å². The predicted molar refractivity (Wildman–Crippen MR) is 102 cm³/mol. The number of nitrogens with zero attached hydrogens (tertiary/aromatic N) is 2. The van der Waals surface area contributed by atoms with Gasteiger partial charge < -0.3 is 4.90 Å². The largest absolute Gasteiger partial charge is 0.338 e. The molecule has 2 aliphatic heterocycles. The maximum atomic E-state index is 12.7. The Morgan fingerprint density at radius 2 is 1.81 bits per heavy atom. The number of piperidine rings is 1. The number of hydrogen-bond donors (Lipinski definition) is 0. The third-order valence-corrected chi connectivity index (χ3v) is 5.49. The van der Waals surface area contributed by atoms with Crippen LogP contribution >= 0.6 is 11.6 Å². The van der Waals surface area contributed by atoms with Gasteiger partial charge in [-0.2, -0.15) is 0 Å². The van der Waals surface area contributed by atoms with Gasteiger partial charge in [0, 0.05) is 23.7 Å². The summed E-state index contributed by atoms with van der Waals surface area (Å²) in [7, 11) is 0. The lowest BCUT2D eigenvalue weighted by Crippen LogP contribution is -2.47. The highest BCUT2D eigenvalue weighted by Gasteiger charge is 2.47. The molecule has 0 radical (unpaired) electrons. The molecule has 2 heterocycles. The summed E-state index contributed by atoms with van der Waals surface area (Å²) >= 11 is 5.99. The Balaban J connectivity index is 1.38. The normalized spacial score (nSPS) is 18.9. The Labute approximate surface area is 163 Å². The second kappa shape index (κ2) is 7.33. The van der Waals surface area contributed by atoms with E-state index < -0.39 is 5.60 Å². The monoisotopic (exact) mass is 384 g/mol. The molecule has 1 spiro atoms. The van der Waals surface area contributed by atoms with Crippen molar-refractivity contribution in [2.75, 3.05) is 13.1 Å². The molecule has 0 aliphatic carbocycles. The van der Waals surface area contributed by atoms with E-state index in [2.05, 4.69) is 0 Å². The van der Waals surface area contributed by atoms with Crippen LogP contribution in [0.1, 0.15) is 35.2 Å². The molecular formula is C21H21ClN2O3. The first kappa shape index (κ1) is 18.0. The van der Waals surface area contributed by atoms with Gasteiger partial charge in [-0.3, -0.25) is 14.4 Å². The van der Waals surface area contributed by atoms with Crippen LogP contribution < -0.4 is 0 Å². The number of halogens is 1. The summed E-state index contributed by atoms with van der Waals surface area (Å²) in [5.74, 6) is -0.0220. The average molecular weight is 385 g/mol. The van der Waals surface area contributed by atoms with Crippen molar-refractivity contribution in [3.05, 3.63) is 70.7 Å². The van der Waals surface area contributed by atoms with E-state index in [1.807, 2.05) is 35.2 Å². The van der Waals surface area contributed by atoms with Gasteiger partial charge in [-0.15, -0.1) is 0 Å². The molecule has 0 unspecified atom stereocenters. The number of likely N-dealkylation sites (tertiary alicyclic amines) is 1. The zero-order valence-electron chi connectivity index (χ0n) is 14.9. The quantitative estimate of drug-likeness (QED) is 0.811. The first-order valence-corrected chi connectivity index (χ1v) is 9.51. The number of rotatable bonds is 3. The van der Waals surface area contributed by atoms with Crippen molar-refractivity contribution in [3.8, 4) is 0 Å². The smallest absolute Gasteiger partial charge is 0.253 e. The summed E-state index contributed by atoms with van der Waals surface area (Å²) in [6.07, 6.45) is 1.67. The lowest BCUT2D eigenvalue weighted by Gasteiger charge is -2.37. The summed E-state index contributed by atoms with van der Waals surface area (Å²) in [6, 6.07) is 16.8. The molecule has 5 nitrogen and oxygen atoms in total. The van der Waals surface area contributed by atoms with Crippen molar-refractivity contribution < 1.29 is 14.4 Å². The maximum Gasteiger partial charge on any atom is 0.253 e. The minimum atomic E-state index is -0.489. The van der Waals surface area contributed by atoms with E-state index >= 15 is 0 Å². The van der Waals surface area contributed by atoms with Crippen molar-refractivity contribution >= 4 is 23.4 Å². The van der Waals surface area contributed by atoms with Gasteiger partial charge in [0.25, 0.3) is 5.91 Å². The zero-order chi connectivity index (χ0) is 18.9. The molecule has 27 heavy (non-hydrogen) atoms. The van der Waals surface area contributed by atoms with Gasteiger partial charge in [0.2, 0.25) is 5.91 Å². The van der Waals surface area contributed by atoms with E-state index in [4.69, 9.17) is 16.4 Å². The number of carbonyl (C=O) groups is 2. The summed E-state index contributed by atoms with van der Waals surface area (Å²) in [6.45, 7) is 1.59. The van der Waals surface area contributed by atoms with Crippen LogP contribution in [0.2, 0.25) is 5.02 Å². The second-order valence-electron chi connectivity index (χ2n) is 7.17. The van der Waals surface area contributed by atoms with Crippen LogP contribution in [0.5, 0.6) is 0 Å². The highest BCUT2D eigenvalue weighted by atomic mass is 35.5. The second-order valence-corrected chi connectivity index (χ2v) is 7.61. The Bertz CT molecular complexity index is 848. The van der Waals surface area contributed by atoms with Crippen molar-refractivity contribution in [1.29, 1.82) is 0 Å². The first-order valence-electron chi connectivity index (χ1n) is 9.13. The van der Waals surface area contributed by atoms with E-state index in [1.165, 1.54) is 5.06 Å². The molecule has 0 aromatic heterocycles. The summed E-state index contributed by atoms with van der Waals surface area (Å²) < 4.78 is 0. The molecule has 0 saturated carbocycles. The van der Waals surface area contributed by atoms with Gasteiger partial charge in [0.15, 0.2) is 0 Å². The fourth-order valence-electron chi connectivity index (χ4n) is 3.74. The molecule has 2 aromatic carbocycles. The van der Waals surface area contributed by atoms with E-state index in [1.54, 1.807) is 24.3 Å². The average Bonchev–Trinajstić information content (AvgIpc) is 2.97. The molecule has 0 atom stereocenters. The highest BCUT2D eigenvalue weighted by Crippen LogP contribution is 2.37. The molecule has 6 heteroatoms. The Morgan fingerprint density at radius 3 is 2.52 bits per heavy atom. The van der Waals surface area contributed by atoms with E-state index in [0.29, 0.717) is 49.5 Å². The lowest BCUT2D eigenvalue weighted by atomic mass is 9.88. The van der Waals surface area contributed by atoms with Crippen molar-refractivity contribution in [2.45, 2.75) is 31.4 Å².